The SMILES string of the molecule is C=CC(=O)CN[C@H]1COC[C@H]1Nc1ncc2cc(-c3c(Cl)c(OC)cc(OC)c3Cl)nc(CNS(=O)(=O)C(C)C)c2n1. The lowest BCUT2D eigenvalue weighted by atomic mass is 10.1. The average molecular weight is 640 g/mol. The molecule has 2 aromatic heterocycles. The van der Waals surface area contributed by atoms with Gasteiger partial charge in [-0.1, -0.05) is 29.8 Å². The van der Waals surface area contributed by atoms with Crippen LogP contribution in [0.5, 0.6) is 11.5 Å². The van der Waals surface area contributed by atoms with Crippen LogP contribution in [-0.2, 0) is 26.1 Å². The molecule has 3 heterocycles. The summed E-state index contributed by atoms with van der Waals surface area (Å²) < 4.78 is 44.2. The lowest BCUT2D eigenvalue weighted by Gasteiger charge is -2.20. The first-order chi connectivity index (χ1) is 20.0. The molecule has 15 heteroatoms. The van der Waals surface area contributed by atoms with E-state index in [-0.39, 0.29) is 47.0 Å². The van der Waals surface area contributed by atoms with Gasteiger partial charge in [0.1, 0.15) is 11.5 Å². The Hall–Kier alpha value is -3.07. The Bertz CT molecular complexity index is 1580. The first kappa shape index (κ1) is 31.9. The van der Waals surface area contributed by atoms with Gasteiger partial charge < -0.3 is 24.8 Å². The van der Waals surface area contributed by atoms with E-state index < -0.39 is 15.3 Å². The minimum absolute atomic E-state index is 0.126. The lowest BCUT2D eigenvalue weighted by molar-refractivity contribution is -0.113. The number of nitrogens with zero attached hydrogens (tertiary/aromatic N) is 3. The van der Waals surface area contributed by atoms with Gasteiger partial charge in [-0.3, -0.25) is 4.79 Å². The summed E-state index contributed by atoms with van der Waals surface area (Å²) in [6.45, 7) is 7.38. The van der Waals surface area contributed by atoms with Crippen LogP contribution in [0.1, 0.15) is 19.5 Å². The molecule has 3 aromatic rings. The molecule has 1 fully saturated rings. The summed E-state index contributed by atoms with van der Waals surface area (Å²) in [7, 11) is -0.701. The summed E-state index contributed by atoms with van der Waals surface area (Å²) in [6, 6.07) is 2.88. The van der Waals surface area contributed by atoms with Crippen LogP contribution in [0.3, 0.4) is 0 Å². The van der Waals surface area contributed by atoms with Crippen molar-refractivity contribution in [2.75, 3.05) is 39.3 Å². The number of ether oxygens (including phenoxy) is 3. The first-order valence-electron chi connectivity index (χ1n) is 13.0. The fourth-order valence-corrected chi connectivity index (χ4v) is 5.61. The zero-order chi connectivity index (χ0) is 30.6. The number of hydrogen-bond acceptors (Lipinski definition) is 11. The van der Waals surface area contributed by atoms with Crippen molar-refractivity contribution in [1.29, 1.82) is 0 Å². The molecule has 1 saturated heterocycles. The van der Waals surface area contributed by atoms with Gasteiger partial charge in [-0.15, -0.1) is 0 Å². The minimum Gasteiger partial charge on any atom is -0.495 e. The first-order valence-corrected chi connectivity index (χ1v) is 15.3. The van der Waals surface area contributed by atoms with Crippen molar-refractivity contribution in [1.82, 2.24) is 25.0 Å². The Labute approximate surface area is 254 Å². The maximum atomic E-state index is 12.6. The van der Waals surface area contributed by atoms with E-state index in [1.165, 1.54) is 20.3 Å². The predicted octanol–water partition coefficient (Wildman–Crippen LogP) is 3.37. The van der Waals surface area contributed by atoms with Crippen LogP contribution >= 0.6 is 23.2 Å². The Morgan fingerprint density at radius 3 is 2.43 bits per heavy atom. The predicted molar refractivity (Wildman–Crippen MR) is 162 cm³/mol. The highest BCUT2D eigenvalue weighted by Crippen LogP contribution is 2.46. The van der Waals surface area contributed by atoms with Gasteiger partial charge >= 0.3 is 0 Å². The molecule has 0 bridgehead atoms. The Morgan fingerprint density at radius 2 is 1.81 bits per heavy atom. The van der Waals surface area contributed by atoms with Crippen molar-refractivity contribution < 1.29 is 27.4 Å². The second kappa shape index (κ2) is 13.5. The molecule has 0 spiro atoms. The largest absolute Gasteiger partial charge is 0.495 e. The van der Waals surface area contributed by atoms with Gasteiger partial charge in [0, 0.05) is 23.2 Å². The highest BCUT2D eigenvalue weighted by atomic mass is 35.5. The molecule has 1 aliphatic heterocycles. The van der Waals surface area contributed by atoms with Crippen molar-refractivity contribution >= 4 is 55.9 Å². The number of ketones is 1. The zero-order valence-corrected chi connectivity index (χ0v) is 25.9. The quantitative estimate of drug-likeness (QED) is 0.236. The van der Waals surface area contributed by atoms with E-state index in [0.717, 1.165) is 0 Å². The van der Waals surface area contributed by atoms with Crippen molar-refractivity contribution in [3.05, 3.63) is 46.7 Å². The molecule has 3 N–H and O–H groups in total. The summed E-state index contributed by atoms with van der Waals surface area (Å²) in [5.74, 6) is 0.794. The van der Waals surface area contributed by atoms with E-state index in [0.29, 0.717) is 52.6 Å². The number of fused-ring (bicyclic) bond motifs is 1. The average Bonchev–Trinajstić information content (AvgIpc) is 3.41. The van der Waals surface area contributed by atoms with Crippen LogP contribution in [0.4, 0.5) is 5.95 Å². The number of pyridine rings is 1. The van der Waals surface area contributed by atoms with Crippen LogP contribution in [0.25, 0.3) is 22.2 Å². The van der Waals surface area contributed by atoms with Crippen molar-refractivity contribution in [3.8, 4) is 22.8 Å². The van der Waals surface area contributed by atoms with Crippen LogP contribution < -0.4 is 24.8 Å². The summed E-state index contributed by atoms with van der Waals surface area (Å²) in [5, 5.41) is 6.72. The molecule has 0 amide bonds. The second-order valence-electron chi connectivity index (χ2n) is 9.73. The standard InChI is InChI=1S/C27H32Cl2N6O6S/c1-6-16(36)10-30-19-12-41-13-20(19)34-27-31-9-15-7-17(23-24(28)21(39-4)8-22(40-5)25(23)29)33-18(26(15)35-27)11-32-42(37,38)14(2)3/h6-9,14,19-20,30,32H,1,10-13H2,2-5H3,(H,31,34,35)/t19-,20+/m0/s1. The van der Waals surface area contributed by atoms with Crippen molar-refractivity contribution in [2.45, 2.75) is 37.7 Å². The third-order valence-corrected chi connectivity index (χ3v) is 9.23. The maximum absolute atomic E-state index is 12.6. The summed E-state index contributed by atoms with van der Waals surface area (Å²) in [6.07, 6.45) is 2.85. The van der Waals surface area contributed by atoms with E-state index in [1.807, 2.05) is 0 Å². The van der Waals surface area contributed by atoms with Crippen LogP contribution in [0.15, 0.2) is 31.0 Å². The number of halogens is 2. The molecule has 42 heavy (non-hydrogen) atoms. The number of methoxy groups -OCH3 is 2. The number of benzene rings is 1. The van der Waals surface area contributed by atoms with Gasteiger partial charge in [0.15, 0.2) is 5.78 Å². The third-order valence-electron chi connectivity index (χ3n) is 6.69. The van der Waals surface area contributed by atoms with E-state index >= 15 is 0 Å². The van der Waals surface area contributed by atoms with E-state index in [9.17, 15) is 13.2 Å². The number of hydrogen-bond donors (Lipinski definition) is 3. The van der Waals surface area contributed by atoms with Crippen molar-refractivity contribution in [3.63, 3.8) is 0 Å². The molecule has 226 valence electrons. The number of sulfonamides is 1. The van der Waals surface area contributed by atoms with Crippen LogP contribution in [0.2, 0.25) is 10.0 Å². The number of rotatable bonds is 13. The van der Waals surface area contributed by atoms with Crippen LogP contribution in [0, 0.1) is 0 Å². The molecule has 0 unspecified atom stereocenters. The van der Waals surface area contributed by atoms with E-state index in [2.05, 4.69) is 31.9 Å². The lowest BCUT2D eigenvalue weighted by Crippen LogP contribution is -2.45. The number of nitrogens with one attached hydrogen (secondary N) is 3. The third kappa shape index (κ3) is 6.93. The smallest absolute Gasteiger partial charge is 0.223 e. The van der Waals surface area contributed by atoms with E-state index in [1.54, 1.807) is 32.2 Å². The molecule has 1 aromatic carbocycles. The van der Waals surface area contributed by atoms with Gasteiger partial charge in [0.25, 0.3) is 0 Å². The Morgan fingerprint density at radius 1 is 1.14 bits per heavy atom. The zero-order valence-electron chi connectivity index (χ0n) is 23.5. The van der Waals surface area contributed by atoms with Crippen LogP contribution in [-0.4, -0.2) is 80.5 Å². The molecule has 2 atom stereocenters. The van der Waals surface area contributed by atoms with E-state index in [4.69, 9.17) is 42.4 Å². The maximum Gasteiger partial charge on any atom is 0.223 e. The molecule has 12 nitrogen and oxygen atoms in total. The summed E-state index contributed by atoms with van der Waals surface area (Å²) in [5.41, 5.74) is 1.42. The molecular formula is C27H32Cl2N6O6S. The van der Waals surface area contributed by atoms with Gasteiger partial charge in [0.2, 0.25) is 16.0 Å². The second-order valence-corrected chi connectivity index (χ2v) is 12.8. The van der Waals surface area contributed by atoms with Gasteiger partial charge in [-0.25, -0.2) is 28.1 Å². The number of carbonyl (C=O) groups excluding carboxylic acids is 1. The fraction of sp³-hybridized carbons (Fsp3) is 0.407. The normalized spacial score (nSPS) is 17.0. The van der Waals surface area contributed by atoms with Crippen molar-refractivity contribution in [2.24, 2.45) is 0 Å². The molecule has 1 aliphatic rings. The Balaban J connectivity index is 1.77. The fourth-order valence-electron chi connectivity index (χ4n) is 4.24. The topological polar surface area (TPSA) is 154 Å². The highest BCUT2D eigenvalue weighted by Gasteiger charge is 2.29. The molecule has 0 saturated carbocycles. The Kier molecular flexibility index (Phi) is 10.2. The molecule has 0 radical (unpaired) electrons. The number of aromatic nitrogens is 3. The van der Waals surface area contributed by atoms with Gasteiger partial charge in [-0.2, -0.15) is 0 Å². The molecule has 4 rings (SSSR count). The number of carbonyl (C=O) groups is 1. The monoisotopic (exact) mass is 638 g/mol. The van der Waals surface area contributed by atoms with Gasteiger partial charge in [0.05, 0.1) is 84.8 Å². The summed E-state index contributed by atoms with van der Waals surface area (Å²) in [4.78, 5) is 25.6. The molecular weight excluding hydrogens is 607 g/mol. The van der Waals surface area contributed by atoms with Gasteiger partial charge in [-0.05, 0) is 26.0 Å². The molecule has 0 aliphatic carbocycles. The minimum atomic E-state index is -3.63. The highest BCUT2D eigenvalue weighted by molar-refractivity contribution is 7.90. The summed E-state index contributed by atoms with van der Waals surface area (Å²) >= 11 is 13.3. The number of anilines is 1.